The van der Waals surface area contributed by atoms with Crippen LogP contribution in [0, 0.1) is 17.2 Å². The molecule has 3 heteroatoms. The van der Waals surface area contributed by atoms with Crippen LogP contribution >= 0.6 is 0 Å². The average molecular weight is 194 g/mol. The van der Waals surface area contributed by atoms with E-state index in [1.165, 1.54) is 0 Å². The van der Waals surface area contributed by atoms with Crippen molar-refractivity contribution in [2.75, 3.05) is 0 Å². The van der Waals surface area contributed by atoms with Gasteiger partial charge in [-0.1, -0.05) is 6.92 Å². The number of rotatable bonds is 2. The van der Waals surface area contributed by atoms with Crippen molar-refractivity contribution in [3.05, 3.63) is 0 Å². The van der Waals surface area contributed by atoms with Crippen LogP contribution in [0.25, 0.3) is 0 Å². The summed E-state index contributed by atoms with van der Waals surface area (Å²) in [6.07, 6.45) is 4.60. The Labute approximate surface area is 85.1 Å². The smallest absolute Gasteiger partial charge is 0.0834 e. The zero-order chi connectivity index (χ0) is 10.2. The lowest BCUT2D eigenvalue weighted by Crippen LogP contribution is -2.52. The molecule has 0 aromatic rings. The molecular formula is C11H18N2O. The minimum atomic E-state index is -0.722. The van der Waals surface area contributed by atoms with E-state index in [1.807, 2.05) is 6.92 Å². The van der Waals surface area contributed by atoms with Crippen LogP contribution < -0.4 is 5.32 Å². The molecule has 0 aromatic heterocycles. The molecule has 2 aliphatic heterocycles. The van der Waals surface area contributed by atoms with Crippen LogP contribution in [0.15, 0.2) is 0 Å². The Morgan fingerprint density at radius 2 is 2.07 bits per heavy atom. The third kappa shape index (κ3) is 1.53. The summed E-state index contributed by atoms with van der Waals surface area (Å²) in [5.41, 5.74) is -0.722. The van der Waals surface area contributed by atoms with Crippen molar-refractivity contribution in [3.8, 4) is 6.07 Å². The molecule has 0 saturated carbocycles. The van der Waals surface area contributed by atoms with Gasteiger partial charge in [-0.05, 0) is 32.1 Å². The van der Waals surface area contributed by atoms with E-state index >= 15 is 0 Å². The molecule has 2 saturated heterocycles. The number of hydrogen-bond donors (Lipinski definition) is 2. The molecule has 78 valence electrons. The Bertz CT molecular complexity index is 247. The van der Waals surface area contributed by atoms with Gasteiger partial charge in [-0.2, -0.15) is 5.26 Å². The lowest BCUT2D eigenvalue weighted by molar-refractivity contribution is -0.0405. The van der Waals surface area contributed by atoms with Gasteiger partial charge in [-0.15, -0.1) is 0 Å². The predicted molar refractivity (Wildman–Crippen MR) is 53.5 cm³/mol. The SMILES string of the molecule is CCC(C#N)C1(O)CC2CCC(C1)N2. The molecule has 0 radical (unpaired) electrons. The Hall–Kier alpha value is -0.590. The molecule has 2 rings (SSSR count). The van der Waals surface area contributed by atoms with Crippen molar-refractivity contribution in [1.29, 1.82) is 5.26 Å². The Balaban J connectivity index is 2.13. The lowest BCUT2D eigenvalue weighted by Gasteiger charge is -2.39. The van der Waals surface area contributed by atoms with E-state index in [4.69, 9.17) is 5.26 Å². The molecule has 2 fully saturated rings. The minimum absolute atomic E-state index is 0.187. The molecular weight excluding hydrogens is 176 g/mol. The van der Waals surface area contributed by atoms with Gasteiger partial charge in [-0.25, -0.2) is 0 Å². The van der Waals surface area contributed by atoms with Gasteiger partial charge in [0.1, 0.15) is 0 Å². The largest absolute Gasteiger partial charge is 0.388 e. The standard InChI is InChI=1S/C11H18N2O/c1-2-8(7-12)11(14)5-9-3-4-10(6-11)13-9/h8-10,13-14H,2-6H2,1H3. The molecule has 3 atom stereocenters. The van der Waals surface area contributed by atoms with Gasteiger partial charge >= 0.3 is 0 Å². The number of nitrogens with zero attached hydrogens (tertiary/aromatic N) is 1. The molecule has 3 unspecified atom stereocenters. The number of nitrogens with one attached hydrogen (secondary N) is 1. The van der Waals surface area contributed by atoms with E-state index in [9.17, 15) is 5.11 Å². The van der Waals surface area contributed by atoms with E-state index in [0.717, 1.165) is 32.1 Å². The van der Waals surface area contributed by atoms with Crippen LogP contribution in [0.4, 0.5) is 0 Å². The summed E-state index contributed by atoms with van der Waals surface area (Å²) in [5.74, 6) is -0.187. The molecule has 0 spiro atoms. The number of hydrogen-bond acceptors (Lipinski definition) is 3. The van der Waals surface area contributed by atoms with Crippen LogP contribution in [0.1, 0.15) is 39.0 Å². The van der Waals surface area contributed by atoms with E-state index in [1.54, 1.807) is 0 Å². The van der Waals surface area contributed by atoms with Gasteiger partial charge in [0.15, 0.2) is 0 Å². The van der Waals surface area contributed by atoms with Gasteiger partial charge in [-0.3, -0.25) is 0 Å². The predicted octanol–water partition coefficient (Wildman–Crippen LogP) is 1.18. The number of piperidine rings is 1. The maximum Gasteiger partial charge on any atom is 0.0834 e. The normalized spacial score (nSPS) is 43.2. The fourth-order valence-electron chi connectivity index (χ4n) is 3.04. The number of aliphatic hydroxyl groups is 1. The highest BCUT2D eigenvalue weighted by Gasteiger charge is 2.46. The van der Waals surface area contributed by atoms with Crippen LogP contribution in [0.3, 0.4) is 0 Å². The van der Waals surface area contributed by atoms with E-state index in [0.29, 0.717) is 12.1 Å². The first-order valence-electron chi connectivity index (χ1n) is 5.56. The molecule has 0 aliphatic carbocycles. The third-order valence-electron chi connectivity index (χ3n) is 3.75. The Morgan fingerprint density at radius 3 is 2.50 bits per heavy atom. The number of nitriles is 1. The molecule has 2 heterocycles. The zero-order valence-corrected chi connectivity index (χ0v) is 8.66. The first-order chi connectivity index (χ1) is 6.68. The summed E-state index contributed by atoms with van der Waals surface area (Å²) in [7, 11) is 0. The summed E-state index contributed by atoms with van der Waals surface area (Å²) in [6, 6.07) is 3.14. The maximum atomic E-state index is 10.4. The van der Waals surface area contributed by atoms with Crippen molar-refractivity contribution in [1.82, 2.24) is 5.32 Å². The molecule has 0 aromatic carbocycles. The fraction of sp³-hybridized carbons (Fsp3) is 0.909. The lowest BCUT2D eigenvalue weighted by atomic mass is 9.76. The summed E-state index contributed by atoms with van der Waals surface area (Å²) < 4.78 is 0. The second-order valence-electron chi connectivity index (χ2n) is 4.74. The van der Waals surface area contributed by atoms with Gasteiger partial charge in [0.25, 0.3) is 0 Å². The highest BCUT2D eigenvalue weighted by Crippen LogP contribution is 2.39. The summed E-state index contributed by atoms with van der Waals surface area (Å²) >= 11 is 0. The molecule has 2 aliphatic rings. The molecule has 14 heavy (non-hydrogen) atoms. The fourth-order valence-corrected chi connectivity index (χ4v) is 3.04. The van der Waals surface area contributed by atoms with Crippen molar-refractivity contribution in [3.63, 3.8) is 0 Å². The van der Waals surface area contributed by atoms with Crippen molar-refractivity contribution >= 4 is 0 Å². The highest BCUT2D eigenvalue weighted by molar-refractivity contribution is 5.07. The highest BCUT2D eigenvalue weighted by atomic mass is 16.3. The van der Waals surface area contributed by atoms with Crippen LogP contribution in [-0.4, -0.2) is 22.8 Å². The maximum absolute atomic E-state index is 10.4. The average Bonchev–Trinajstić information content (AvgIpc) is 2.48. The summed E-state index contributed by atoms with van der Waals surface area (Å²) in [4.78, 5) is 0. The molecule has 0 amide bonds. The van der Waals surface area contributed by atoms with Gasteiger partial charge < -0.3 is 10.4 Å². The summed E-state index contributed by atoms with van der Waals surface area (Å²) in [5, 5.41) is 22.9. The van der Waals surface area contributed by atoms with Crippen molar-refractivity contribution in [2.24, 2.45) is 5.92 Å². The minimum Gasteiger partial charge on any atom is -0.388 e. The van der Waals surface area contributed by atoms with E-state index in [-0.39, 0.29) is 5.92 Å². The van der Waals surface area contributed by atoms with Crippen LogP contribution in [0.2, 0.25) is 0 Å². The Morgan fingerprint density at radius 1 is 1.50 bits per heavy atom. The summed E-state index contributed by atoms with van der Waals surface area (Å²) in [6.45, 7) is 1.98. The van der Waals surface area contributed by atoms with Gasteiger partial charge in [0, 0.05) is 12.1 Å². The number of fused-ring (bicyclic) bond motifs is 2. The Kier molecular flexibility index (Phi) is 2.50. The van der Waals surface area contributed by atoms with E-state index < -0.39 is 5.60 Å². The van der Waals surface area contributed by atoms with Crippen LogP contribution in [0.5, 0.6) is 0 Å². The van der Waals surface area contributed by atoms with Gasteiger partial charge in [0.05, 0.1) is 17.6 Å². The first kappa shape index (κ1) is 9.95. The van der Waals surface area contributed by atoms with Crippen LogP contribution in [-0.2, 0) is 0 Å². The topological polar surface area (TPSA) is 56.0 Å². The molecule has 2 bridgehead atoms. The van der Waals surface area contributed by atoms with Crippen molar-refractivity contribution < 1.29 is 5.11 Å². The third-order valence-corrected chi connectivity index (χ3v) is 3.75. The quantitative estimate of drug-likeness (QED) is 0.694. The first-order valence-corrected chi connectivity index (χ1v) is 5.56. The zero-order valence-electron chi connectivity index (χ0n) is 8.66. The second kappa shape index (κ2) is 3.52. The van der Waals surface area contributed by atoms with E-state index in [2.05, 4.69) is 11.4 Å². The monoisotopic (exact) mass is 194 g/mol. The molecule has 3 nitrogen and oxygen atoms in total. The van der Waals surface area contributed by atoms with Crippen molar-refractivity contribution in [2.45, 2.75) is 56.7 Å². The van der Waals surface area contributed by atoms with Gasteiger partial charge in [0.2, 0.25) is 0 Å². The second-order valence-corrected chi connectivity index (χ2v) is 4.74. The molecule has 2 N–H and O–H groups in total.